The molecule has 1 fully saturated rings. The molecule has 3 nitrogen and oxygen atoms in total. The summed E-state index contributed by atoms with van der Waals surface area (Å²) in [7, 11) is 0. The highest BCUT2D eigenvalue weighted by molar-refractivity contribution is 6.29. The molecule has 18 heavy (non-hydrogen) atoms. The van der Waals surface area contributed by atoms with E-state index in [2.05, 4.69) is 49.3 Å². The molecule has 1 saturated heterocycles. The van der Waals surface area contributed by atoms with Gasteiger partial charge in [0.25, 0.3) is 0 Å². The van der Waals surface area contributed by atoms with Gasteiger partial charge in [0.05, 0.1) is 0 Å². The van der Waals surface area contributed by atoms with Gasteiger partial charge in [0, 0.05) is 13.2 Å². The van der Waals surface area contributed by atoms with Crippen LogP contribution in [-0.4, -0.2) is 60.8 Å². The molecule has 1 aliphatic heterocycles. The molecule has 4 heteroatoms. The fourth-order valence-corrected chi connectivity index (χ4v) is 4.25. The molecule has 106 valence electrons. The predicted octanol–water partition coefficient (Wildman–Crippen LogP) is 2.26. The summed E-state index contributed by atoms with van der Waals surface area (Å²) in [5.74, 6) is 0. The van der Waals surface area contributed by atoms with E-state index in [1.54, 1.807) is 0 Å². The van der Waals surface area contributed by atoms with Crippen molar-refractivity contribution in [2.45, 2.75) is 65.5 Å². The minimum absolute atomic E-state index is 0.287. The van der Waals surface area contributed by atoms with E-state index in [1.807, 2.05) is 0 Å². The van der Waals surface area contributed by atoms with Crippen molar-refractivity contribution in [3.8, 4) is 0 Å². The van der Waals surface area contributed by atoms with Crippen molar-refractivity contribution >= 4 is 15.7 Å². The van der Waals surface area contributed by atoms with Crippen molar-refractivity contribution in [2.75, 3.05) is 26.3 Å². The summed E-state index contributed by atoms with van der Waals surface area (Å²) in [4.78, 5) is 0. The Morgan fingerprint density at radius 1 is 0.778 bits per heavy atom. The topological polar surface area (TPSA) is 15.7 Å². The molecule has 1 rings (SSSR count). The third-order valence-corrected chi connectivity index (χ3v) is 6.88. The van der Waals surface area contributed by atoms with Crippen LogP contribution >= 0.6 is 0 Å². The van der Waals surface area contributed by atoms with E-state index in [1.165, 1.54) is 25.9 Å². The fraction of sp³-hybridized carbons (Fsp3) is 1.00. The lowest BCUT2D eigenvalue weighted by molar-refractivity contribution is 0.0949. The molecule has 0 aliphatic carbocycles. The first-order chi connectivity index (χ1) is 8.21. The number of hydrogen-bond donors (Lipinski definition) is 0. The third-order valence-electron chi connectivity index (χ3n) is 3.67. The second kappa shape index (κ2) is 6.72. The van der Waals surface area contributed by atoms with Crippen LogP contribution in [0.25, 0.3) is 0 Å². The largest absolute Gasteiger partial charge is 0.463 e. The van der Waals surface area contributed by atoms with E-state index >= 15 is 0 Å². The predicted molar refractivity (Wildman–Crippen MR) is 80.1 cm³/mol. The summed E-state index contributed by atoms with van der Waals surface area (Å²) < 4.78 is 11.1. The Kier molecular flexibility index (Phi) is 6.15. The summed E-state index contributed by atoms with van der Waals surface area (Å²) in [6.45, 7) is 18.3. The Bertz CT molecular complexity index is 221. The van der Waals surface area contributed by atoms with Gasteiger partial charge in [-0.2, -0.15) is 0 Å². The third kappa shape index (κ3) is 5.59. The van der Waals surface area contributed by atoms with Crippen molar-refractivity contribution in [1.82, 2.24) is 7.77 Å². The first-order valence-electron chi connectivity index (χ1n) is 7.29. The Labute approximate surface area is 120 Å². The molecule has 1 heterocycles. The molecule has 0 aromatic carbocycles. The van der Waals surface area contributed by atoms with Crippen molar-refractivity contribution in [3.63, 3.8) is 0 Å². The lowest BCUT2D eigenvalue weighted by atomic mass is 10.1. The quantitative estimate of drug-likeness (QED) is 0.628. The van der Waals surface area contributed by atoms with Gasteiger partial charge in [-0.15, -0.1) is 0 Å². The number of rotatable bonds is 0. The molecule has 0 bridgehead atoms. The van der Waals surface area contributed by atoms with E-state index in [0.29, 0.717) is 0 Å². The van der Waals surface area contributed by atoms with E-state index in [9.17, 15) is 0 Å². The molecule has 0 atom stereocenters. The Balaban J connectivity index is 2.75. The Morgan fingerprint density at radius 2 is 1.17 bits per heavy atom. The minimum Gasteiger partial charge on any atom is -0.381 e. The smallest absolute Gasteiger partial charge is 0.381 e. The van der Waals surface area contributed by atoms with Crippen LogP contribution in [0.4, 0.5) is 0 Å². The molecule has 0 N–H and O–H groups in total. The van der Waals surface area contributed by atoms with Gasteiger partial charge >= 0.3 is 15.7 Å². The highest BCUT2D eigenvalue weighted by Crippen LogP contribution is 2.19. The van der Waals surface area contributed by atoms with Crippen LogP contribution in [-0.2, 0) is 4.74 Å². The lowest BCUT2D eigenvalue weighted by Crippen LogP contribution is -2.56. The highest BCUT2D eigenvalue weighted by atomic mass is 27.1. The van der Waals surface area contributed by atoms with E-state index in [-0.39, 0.29) is 26.7 Å². The maximum absolute atomic E-state index is 5.69. The zero-order valence-electron chi connectivity index (χ0n) is 13.3. The molecule has 0 amide bonds. The molecule has 0 unspecified atom stereocenters. The van der Waals surface area contributed by atoms with Gasteiger partial charge in [0.15, 0.2) is 0 Å². The maximum Gasteiger partial charge on any atom is 0.463 e. The van der Waals surface area contributed by atoms with E-state index < -0.39 is 0 Å². The molecular formula is C14H31AlN2O. The first kappa shape index (κ1) is 16.5. The number of nitrogens with zero attached hydrogens (tertiary/aromatic N) is 2. The molecule has 1 aliphatic rings. The number of ether oxygens (including phenoxy) is 1. The van der Waals surface area contributed by atoms with Crippen molar-refractivity contribution in [1.29, 1.82) is 0 Å². The van der Waals surface area contributed by atoms with E-state index in [0.717, 1.165) is 13.2 Å². The van der Waals surface area contributed by atoms with Crippen LogP contribution in [0.15, 0.2) is 0 Å². The van der Waals surface area contributed by atoms with Gasteiger partial charge in [-0.1, -0.05) is 0 Å². The molecule has 0 saturated carbocycles. The summed E-state index contributed by atoms with van der Waals surface area (Å²) >= 11 is -0.355. The van der Waals surface area contributed by atoms with Crippen LogP contribution in [0, 0.1) is 0 Å². The average Bonchev–Trinajstić information content (AvgIpc) is 2.22. The van der Waals surface area contributed by atoms with Crippen LogP contribution in [0.3, 0.4) is 0 Å². The minimum atomic E-state index is -0.355. The Hall–Kier alpha value is 0.412. The SMILES string of the molecule is CC(C)(C)[N]1CCCOCCC[N](C(C)(C)C)[AlH]1. The zero-order chi connectivity index (χ0) is 13.8. The fourth-order valence-electron chi connectivity index (χ4n) is 2.26. The van der Waals surface area contributed by atoms with Crippen molar-refractivity contribution in [2.24, 2.45) is 0 Å². The molecule has 0 radical (unpaired) electrons. The van der Waals surface area contributed by atoms with Gasteiger partial charge in [0.2, 0.25) is 0 Å². The zero-order valence-corrected chi connectivity index (χ0v) is 14.7. The van der Waals surface area contributed by atoms with Gasteiger partial charge in [-0.25, -0.2) is 0 Å². The van der Waals surface area contributed by atoms with Crippen LogP contribution in [0.1, 0.15) is 54.4 Å². The van der Waals surface area contributed by atoms with Crippen LogP contribution in [0.5, 0.6) is 0 Å². The average molecular weight is 270 g/mol. The van der Waals surface area contributed by atoms with Gasteiger partial charge in [-0.3, -0.25) is 0 Å². The lowest BCUT2D eigenvalue weighted by Gasteiger charge is -2.44. The second-order valence-corrected chi connectivity index (χ2v) is 9.14. The van der Waals surface area contributed by atoms with Crippen molar-refractivity contribution in [3.05, 3.63) is 0 Å². The molecule has 0 aromatic heterocycles. The van der Waals surface area contributed by atoms with E-state index in [4.69, 9.17) is 4.74 Å². The second-order valence-electron chi connectivity index (χ2n) is 7.33. The summed E-state index contributed by atoms with van der Waals surface area (Å²) in [6, 6.07) is 0. The molecule has 0 spiro atoms. The van der Waals surface area contributed by atoms with Crippen LogP contribution < -0.4 is 0 Å². The summed E-state index contributed by atoms with van der Waals surface area (Å²) in [6.07, 6.45) is 2.34. The number of hydrogen-bond acceptors (Lipinski definition) is 3. The first-order valence-corrected chi connectivity index (χ1v) is 8.55. The highest BCUT2D eigenvalue weighted by Gasteiger charge is 2.30. The monoisotopic (exact) mass is 270 g/mol. The van der Waals surface area contributed by atoms with Crippen LogP contribution in [0.2, 0.25) is 0 Å². The molecular weight excluding hydrogens is 239 g/mol. The van der Waals surface area contributed by atoms with Gasteiger partial charge < -0.3 is 12.5 Å². The standard InChI is InChI=1S/C14H30N2O.Al.H/c1-13(2,3)15-9-7-11-17-12-8-10-16-14(4,5)6;;/h7-12H2,1-6H3;;/q-2;+2;. The Morgan fingerprint density at radius 3 is 1.50 bits per heavy atom. The molecule has 0 aromatic rings. The van der Waals surface area contributed by atoms with Gasteiger partial charge in [0.1, 0.15) is 0 Å². The normalized spacial score (nSPS) is 22.6. The summed E-state index contributed by atoms with van der Waals surface area (Å²) in [5, 5.41) is 0. The van der Waals surface area contributed by atoms with Crippen molar-refractivity contribution < 1.29 is 4.74 Å². The summed E-state index contributed by atoms with van der Waals surface area (Å²) in [5.41, 5.74) is 0.573. The van der Waals surface area contributed by atoms with Gasteiger partial charge in [-0.05, 0) is 78.6 Å². The maximum atomic E-state index is 5.69.